The van der Waals surface area contributed by atoms with Crippen LogP contribution in [0.2, 0.25) is 5.02 Å². The zero-order valence-corrected chi connectivity index (χ0v) is 19.4. The first-order chi connectivity index (χ1) is 14.8. The van der Waals surface area contributed by atoms with E-state index >= 15 is 0 Å². The van der Waals surface area contributed by atoms with Crippen molar-refractivity contribution in [3.63, 3.8) is 0 Å². The molecule has 0 saturated carbocycles. The number of aryl methyl sites for hydroxylation is 3. The molecule has 6 nitrogen and oxygen atoms in total. The fraction of sp³-hybridized carbons (Fsp3) is 0.304. The summed E-state index contributed by atoms with van der Waals surface area (Å²) in [5.41, 5.74) is 4.20. The van der Waals surface area contributed by atoms with Crippen LogP contribution in [0.4, 0.5) is 5.82 Å². The molecule has 2 aromatic carbocycles. The fourth-order valence-electron chi connectivity index (χ4n) is 4.17. The van der Waals surface area contributed by atoms with Gasteiger partial charge in [-0.3, -0.25) is 0 Å². The lowest BCUT2D eigenvalue weighted by atomic mass is 10.1. The van der Waals surface area contributed by atoms with E-state index in [4.69, 9.17) is 11.6 Å². The first kappa shape index (κ1) is 21.7. The second-order valence-corrected chi connectivity index (χ2v) is 10.2. The van der Waals surface area contributed by atoms with Gasteiger partial charge in [-0.25, -0.2) is 8.42 Å². The van der Waals surface area contributed by atoms with E-state index in [1.807, 2.05) is 69.3 Å². The van der Waals surface area contributed by atoms with Gasteiger partial charge in [0.15, 0.2) is 5.82 Å². The van der Waals surface area contributed by atoms with E-state index in [0.29, 0.717) is 41.8 Å². The van der Waals surface area contributed by atoms with Gasteiger partial charge in [0.2, 0.25) is 10.0 Å². The van der Waals surface area contributed by atoms with Crippen molar-refractivity contribution in [3.8, 4) is 11.3 Å². The van der Waals surface area contributed by atoms with E-state index in [9.17, 15) is 8.42 Å². The minimum atomic E-state index is -3.54. The molecule has 0 spiro atoms. The number of anilines is 1. The number of hydrogen-bond donors (Lipinski definition) is 0. The second-order valence-electron chi connectivity index (χ2n) is 7.88. The Morgan fingerprint density at radius 2 is 1.52 bits per heavy atom. The average Bonchev–Trinajstić information content (AvgIpc) is 2.73. The number of nitrogens with zero attached hydrogens (tertiary/aromatic N) is 4. The van der Waals surface area contributed by atoms with Crippen LogP contribution in [0, 0.1) is 20.8 Å². The molecule has 1 saturated heterocycles. The van der Waals surface area contributed by atoms with Gasteiger partial charge in [-0.15, -0.1) is 10.2 Å². The number of rotatable bonds is 4. The number of sulfonamides is 1. The molecule has 0 unspecified atom stereocenters. The summed E-state index contributed by atoms with van der Waals surface area (Å²) in [6.07, 6.45) is 0. The maximum Gasteiger partial charge on any atom is 0.243 e. The van der Waals surface area contributed by atoms with E-state index in [-0.39, 0.29) is 0 Å². The van der Waals surface area contributed by atoms with E-state index < -0.39 is 10.0 Å². The lowest BCUT2D eigenvalue weighted by Crippen LogP contribution is -2.49. The van der Waals surface area contributed by atoms with Crippen LogP contribution in [-0.4, -0.2) is 49.1 Å². The van der Waals surface area contributed by atoms with Gasteiger partial charge in [-0.2, -0.15) is 4.31 Å². The third-order valence-corrected chi connectivity index (χ3v) is 8.10. The molecule has 1 fully saturated rings. The largest absolute Gasteiger partial charge is 0.352 e. The molecule has 8 heteroatoms. The van der Waals surface area contributed by atoms with Crippen molar-refractivity contribution in [3.05, 3.63) is 70.2 Å². The molecule has 3 aromatic rings. The van der Waals surface area contributed by atoms with Crippen LogP contribution in [0.5, 0.6) is 0 Å². The topological polar surface area (TPSA) is 66.4 Å². The second kappa shape index (κ2) is 8.57. The standard InChI is InChI=1S/C23H25ClN4O2S/c1-16-14-17(2)23(18(3)15-16)31(29,30)28-12-10-27(11-13-28)22-9-8-21(25-26-22)19-6-4-5-7-20(19)24/h4-9,14-15H,10-13H2,1-3H3. The molecule has 0 atom stereocenters. The first-order valence-corrected chi connectivity index (χ1v) is 12.0. The molecule has 4 rings (SSSR count). The summed E-state index contributed by atoms with van der Waals surface area (Å²) in [4.78, 5) is 2.49. The number of halogens is 1. The van der Waals surface area contributed by atoms with Crippen LogP contribution in [0.1, 0.15) is 16.7 Å². The zero-order valence-electron chi connectivity index (χ0n) is 17.8. The maximum absolute atomic E-state index is 13.3. The molecule has 1 aromatic heterocycles. The number of piperazine rings is 1. The minimum Gasteiger partial charge on any atom is -0.352 e. The lowest BCUT2D eigenvalue weighted by molar-refractivity contribution is 0.383. The molecular weight excluding hydrogens is 432 g/mol. The van der Waals surface area contributed by atoms with Gasteiger partial charge in [0.05, 0.1) is 15.6 Å². The van der Waals surface area contributed by atoms with Gasteiger partial charge < -0.3 is 4.90 Å². The Bertz CT molecular complexity index is 1180. The molecular formula is C23H25ClN4O2S. The van der Waals surface area contributed by atoms with Gasteiger partial charge in [-0.1, -0.05) is 47.5 Å². The monoisotopic (exact) mass is 456 g/mol. The summed E-state index contributed by atoms with van der Waals surface area (Å²) in [6, 6.07) is 15.2. The first-order valence-electron chi connectivity index (χ1n) is 10.2. The number of aromatic nitrogens is 2. The maximum atomic E-state index is 13.3. The Balaban J connectivity index is 1.48. The fourth-order valence-corrected chi connectivity index (χ4v) is 6.23. The van der Waals surface area contributed by atoms with E-state index in [1.165, 1.54) is 0 Å². The Morgan fingerprint density at radius 1 is 0.871 bits per heavy atom. The van der Waals surface area contributed by atoms with E-state index in [0.717, 1.165) is 28.1 Å². The molecule has 1 aliphatic rings. The molecule has 0 aliphatic carbocycles. The van der Waals surface area contributed by atoms with Crippen LogP contribution in [0.3, 0.4) is 0 Å². The Morgan fingerprint density at radius 3 is 2.10 bits per heavy atom. The van der Waals surface area contributed by atoms with E-state index in [1.54, 1.807) is 4.31 Å². The summed E-state index contributed by atoms with van der Waals surface area (Å²) >= 11 is 6.25. The third-order valence-electron chi connectivity index (χ3n) is 5.57. The highest BCUT2D eigenvalue weighted by atomic mass is 35.5. The molecule has 31 heavy (non-hydrogen) atoms. The van der Waals surface area contributed by atoms with Crippen LogP contribution in [-0.2, 0) is 10.0 Å². The van der Waals surface area contributed by atoms with Crippen molar-refractivity contribution in [2.24, 2.45) is 0 Å². The van der Waals surface area contributed by atoms with E-state index in [2.05, 4.69) is 15.1 Å². The number of hydrogen-bond acceptors (Lipinski definition) is 5. The highest BCUT2D eigenvalue weighted by Crippen LogP contribution is 2.28. The van der Waals surface area contributed by atoms with Gasteiger partial charge in [-0.05, 0) is 50.1 Å². The smallest absolute Gasteiger partial charge is 0.243 e. The van der Waals surface area contributed by atoms with Crippen molar-refractivity contribution in [1.82, 2.24) is 14.5 Å². The van der Waals surface area contributed by atoms with Crippen LogP contribution in [0.15, 0.2) is 53.4 Å². The summed E-state index contributed by atoms with van der Waals surface area (Å²) < 4.78 is 28.1. The van der Waals surface area contributed by atoms with Gasteiger partial charge in [0, 0.05) is 31.7 Å². The van der Waals surface area contributed by atoms with Crippen LogP contribution >= 0.6 is 11.6 Å². The van der Waals surface area contributed by atoms with Gasteiger partial charge in [0.25, 0.3) is 0 Å². The summed E-state index contributed by atoms with van der Waals surface area (Å²) in [5, 5.41) is 9.31. The predicted molar refractivity (Wildman–Crippen MR) is 124 cm³/mol. The van der Waals surface area contributed by atoms with Crippen LogP contribution in [0.25, 0.3) is 11.3 Å². The molecule has 0 N–H and O–H groups in total. The molecule has 2 heterocycles. The quantitative estimate of drug-likeness (QED) is 0.587. The molecule has 0 amide bonds. The van der Waals surface area contributed by atoms with Crippen molar-refractivity contribution in [2.75, 3.05) is 31.1 Å². The van der Waals surface area contributed by atoms with Gasteiger partial charge in [0.1, 0.15) is 0 Å². The van der Waals surface area contributed by atoms with Crippen molar-refractivity contribution in [2.45, 2.75) is 25.7 Å². The average molecular weight is 457 g/mol. The molecule has 0 radical (unpaired) electrons. The molecule has 1 aliphatic heterocycles. The SMILES string of the molecule is Cc1cc(C)c(S(=O)(=O)N2CCN(c3ccc(-c4ccccc4Cl)nn3)CC2)c(C)c1. The normalized spacial score (nSPS) is 15.3. The number of benzene rings is 2. The van der Waals surface area contributed by atoms with Crippen LogP contribution < -0.4 is 4.90 Å². The van der Waals surface area contributed by atoms with Crippen molar-refractivity contribution >= 4 is 27.4 Å². The Labute approximate surface area is 188 Å². The summed E-state index contributed by atoms with van der Waals surface area (Å²) in [7, 11) is -3.54. The Kier molecular flexibility index (Phi) is 6.01. The van der Waals surface area contributed by atoms with Gasteiger partial charge >= 0.3 is 0 Å². The highest BCUT2D eigenvalue weighted by molar-refractivity contribution is 7.89. The van der Waals surface area contributed by atoms with Crippen molar-refractivity contribution in [1.29, 1.82) is 0 Å². The highest BCUT2D eigenvalue weighted by Gasteiger charge is 2.31. The zero-order chi connectivity index (χ0) is 22.2. The minimum absolute atomic E-state index is 0.406. The van der Waals surface area contributed by atoms with Crippen molar-refractivity contribution < 1.29 is 8.42 Å². The summed E-state index contributed by atoms with van der Waals surface area (Å²) in [5.74, 6) is 0.732. The molecule has 0 bridgehead atoms. The third kappa shape index (κ3) is 4.31. The molecule has 162 valence electrons. The lowest BCUT2D eigenvalue weighted by Gasteiger charge is -2.35. The summed E-state index contributed by atoms with van der Waals surface area (Å²) in [6.45, 7) is 7.63. The predicted octanol–water partition coefficient (Wildman–Crippen LogP) is 4.23. The Hall–Kier alpha value is -2.48.